The van der Waals surface area contributed by atoms with E-state index in [2.05, 4.69) is 67.3 Å². The number of nitrogens with zero attached hydrogens (tertiary/aromatic N) is 1. The molecule has 1 fully saturated rings. The van der Waals surface area contributed by atoms with Gasteiger partial charge >= 0.3 is 0 Å². The highest BCUT2D eigenvalue weighted by atomic mass is 15.0. The van der Waals surface area contributed by atoms with Crippen LogP contribution in [0.15, 0.2) is 36.7 Å². The fourth-order valence-electron chi connectivity index (χ4n) is 3.32. The fourth-order valence-corrected chi connectivity index (χ4v) is 3.32. The molecule has 0 radical (unpaired) electrons. The van der Waals surface area contributed by atoms with Crippen LogP contribution in [0.4, 0.5) is 0 Å². The van der Waals surface area contributed by atoms with Crippen LogP contribution in [0.5, 0.6) is 0 Å². The molecule has 1 aromatic carbocycles. The molecule has 21 heavy (non-hydrogen) atoms. The van der Waals surface area contributed by atoms with E-state index in [-0.39, 0.29) is 0 Å². The van der Waals surface area contributed by atoms with Crippen molar-refractivity contribution in [3.63, 3.8) is 0 Å². The maximum Gasteiger partial charge on any atom is 0.0470 e. The summed E-state index contributed by atoms with van der Waals surface area (Å²) >= 11 is 0. The Kier molecular flexibility index (Phi) is 4.16. The standard InChI is InChI=1S/C19H26N2/c1-4-20-19(17-5-6-17)18-7-8-21(13-18)12-16-10-14(2)9-15(3)11-16/h7-11,13,17,19-20H,4-6,12H2,1-3H3. The van der Waals surface area contributed by atoms with Crippen molar-refractivity contribution < 1.29 is 0 Å². The Labute approximate surface area is 128 Å². The van der Waals surface area contributed by atoms with Crippen LogP contribution >= 0.6 is 0 Å². The number of nitrogens with one attached hydrogen (secondary N) is 1. The van der Waals surface area contributed by atoms with Gasteiger partial charge in [0.25, 0.3) is 0 Å². The van der Waals surface area contributed by atoms with Gasteiger partial charge in [0.05, 0.1) is 0 Å². The van der Waals surface area contributed by atoms with Crippen molar-refractivity contribution in [3.05, 3.63) is 58.9 Å². The highest BCUT2D eigenvalue weighted by Gasteiger charge is 2.31. The van der Waals surface area contributed by atoms with Gasteiger partial charge in [-0.25, -0.2) is 0 Å². The molecule has 0 amide bonds. The summed E-state index contributed by atoms with van der Waals surface area (Å²) < 4.78 is 2.32. The molecule has 3 rings (SSSR count). The summed E-state index contributed by atoms with van der Waals surface area (Å²) in [7, 11) is 0. The van der Waals surface area contributed by atoms with E-state index >= 15 is 0 Å². The Morgan fingerprint density at radius 3 is 2.52 bits per heavy atom. The minimum absolute atomic E-state index is 0.551. The predicted octanol–water partition coefficient (Wildman–Crippen LogP) is 4.21. The minimum Gasteiger partial charge on any atom is -0.350 e. The molecule has 1 saturated carbocycles. The highest BCUT2D eigenvalue weighted by Crippen LogP contribution is 2.41. The number of rotatable bonds is 6. The van der Waals surface area contributed by atoms with Crippen LogP contribution in [-0.2, 0) is 6.54 Å². The van der Waals surface area contributed by atoms with Gasteiger partial charge in [-0.2, -0.15) is 0 Å². The molecule has 0 spiro atoms. The van der Waals surface area contributed by atoms with Crippen LogP contribution < -0.4 is 5.32 Å². The zero-order valence-corrected chi connectivity index (χ0v) is 13.4. The van der Waals surface area contributed by atoms with E-state index in [1.54, 1.807) is 0 Å². The lowest BCUT2D eigenvalue weighted by Crippen LogP contribution is -2.22. The van der Waals surface area contributed by atoms with E-state index < -0.39 is 0 Å². The molecule has 0 bridgehead atoms. The van der Waals surface area contributed by atoms with Gasteiger partial charge in [0.1, 0.15) is 0 Å². The Bertz CT molecular complexity index is 588. The Morgan fingerprint density at radius 2 is 1.90 bits per heavy atom. The van der Waals surface area contributed by atoms with Crippen LogP contribution in [0.3, 0.4) is 0 Å². The first-order valence-electron chi connectivity index (χ1n) is 8.12. The molecule has 1 heterocycles. The number of benzene rings is 1. The van der Waals surface area contributed by atoms with Gasteiger partial charge in [-0.1, -0.05) is 36.2 Å². The Balaban J connectivity index is 1.75. The largest absolute Gasteiger partial charge is 0.350 e. The molecular weight excluding hydrogens is 256 g/mol. The summed E-state index contributed by atoms with van der Waals surface area (Å²) in [6.45, 7) is 8.55. The van der Waals surface area contributed by atoms with Crippen molar-refractivity contribution in [3.8, 4) is 0 Å². The van der Waals surface area contributed by atoms with Crippen molar-refractivity contribution >= 4 is 0 Å². The first kappa shape index (κ1) is 14.4. The average molecular weight is 282 g/mol. The summed E-state index contributed by atoms with van der Waals surface area (Å²) in [5.74, 6) is 0.849. The van der Waals surface area contributed by atoms with Crippen molar-refractivity contribution in [2.45, 2.75) is 46.2 Å². The first-order chi connectivity index (χ1) is 10.2. The predicted molar refractivity (Wildman–Crippen MR) is 88.6 cm³/mol. The van der Waals surface area contributed by atoms with E-state index in [1.165, 1.54) is 35.1 Å². The van der Waals surface area contributed by atoms with Gasteiger partial charge in [-0.3, -0.25) is 0 Å². The molecule has 112 valence electrons. The first-order valence-corrected chi connectivity index (χ1v) is 8.12. The van der Waals surface area contributed by atoms with E-state index in [0.29, 0.717) is 6.04 Å². The van der Waals surface area contributed by atoms with Gasteiger partial charge in [0, 0.05) is 25.0 Å². The third kappa shape index (κ3) is 3.56. The second kappa shape index (κ2) is 6.07. The summed E-state index contributed by atoms with van der Waals surface area (Å²) in [5.41, 5.74) is 5.53. The maximum absolute atomic E-state index is 3.64. The molecule has 1 atom stereocenters. The third-order valence-electron chi connectivity index (χ3n) is 4.30. The summed E-state index contributed by atoms with van der Waals surface area (Å²) in [5, 5.41) is 3.64. The van der Waals surface area contributed by atoms with E-state index in [1.807, 2.05) is 0 Å². The summed E-state index contributed by atoms with van der Waals surface area (Å²) in [6, 6.07) is 9.65. The molecule has 2 aromatic rings. The average Bonchev–Trinajstić information content (AvgIpc) is 3.15. The second-order valence-corrected chi connectivity index (χ2v) is 6.49. The van der Waals surface area contributed by atoms with Gasteiger partial charge in [-0.15, -0.1) is 0 Å². The molecule has 2 heteroatoms. The van der Waals surface area contributed by atoms with Crippen LogP contribution in [0.1, 0.15) is 48.1 Å². The maximum atomic E-state index is 3.64. The van der Waals surface area contributed by atoms with Crippen molar-refractivity contribution in [2.75, 3.05) is 6.54 Å². The normalized spacial score (nSPS) is 16.1. The zero-order chi connectivity index (χ0) is 14.8. The van der Waals surface area contributed by atoms with Gasteiger partial charge in [-0.05, 0) is 56.3 Å². The molecule has 1 aromatic heterocycles. The molecule has 0 saturated heterocycles. The number of hydrogen-bond donors (Lipinski definition) is 1. The van der Waals surface area contributed by atoms with E-state index in [9.17, 15) is 0 Å². The molecule has 1 aliphatic rings. The molecule has 1 aliphatic carbocycles. The Hall–Kier alpha value is -1.54. The number of aryl methyl sites for hydroxylation is 2. The van der Waals surface area contributed by atoms with Gasteiger partial charge < -0.3 is 9.88 Å². The molecule has 1 unspecified atom stereocenters. The van der Waals surface area contributed by atoms with Crippen molar-refractivity contribution in [1.29, 1.82) is 0 Å². The smallest absolute Gasteiger partial charge is 0.0470 e. The quantitative estimate of drug-likeness (QED) is 0.839. The van der Waals surface area contributed by atoms with E-state index in [4.69, 9.17) is 0 Å². The van der Waals surface area contributed by atoms with Gasteiger partial charge in [0.15, 0.2) is 0 Å². The highest BCUT2D eigenvalue weighted by molar-refractivity contribution is 5.29. The van der Waals surface area contributed by atoms with Crippen molar-refractivity contribution in [2.24, 2.45) is 5.92 Å². The summed E-state index contributed by atoms with van der Waals surface area (Å²) in [6.07, 6.45) is 7.29. The number of hydrogen-bond acceptors (Lipinski definition) is 1. The molecule has 1 N–H and O–H groups in total. The fraction of sp³-hybridized carbons (Fsp3) is 0.474. The van der Waals surface area contributed by atoms with Crippen LogP contribution in [-0.4, -0.2) is 11.1 Å². The second-order valence-electron chi connectivity index (χ2n) is 6.49. The lowest BCUT2D eigenvalue weighted by Gasteiger charge is -2.15. The van der Waals surface area contributed by atoms with Crippen LogP contribution in [0.25, 0.3) is 0 Å². The monoisotopic (exact) mass is 282 g/mol. The topological polar surface area (TPSA) is 17.0 Å². The molecule has 0 aliphatic heterocycles. The lowest BCUT2D eigenvalue weighted by atomic mass is 10.1. The van der Waals surface area contributed by atoms with Crippen LogP contribution in [0, 0.1) is 19.8 Å². The van der Waals surface area contributed by atoms with Gasteiger partial charge in [0.2, 0.25) is 0 Å². The van der Waals surface area contributed by atoms with Crippen LogP contribution in [0.2, 0.25) is 0 Å². The number of aromatic nitrogens is 1. The molecule has 2 nitrogen and oxygen atoms in total. The SMILES string of the molecule is CCNC(c1ccn(Cc2cc(C)cc(C)c2)c1)C1CC1. The summed E-state index contributed by atoms with van der Waals surface area (Å²) in [4.78, 5) is 0. The Morgan fingerprint density at radius 1 is 1.19 bits per heavy atom. The van der Waals surface area contributed by atoms with Crippen molar-refractivity contribution in [1.82, 2.24) is 9.88 Å². The third-order valence-corrected chi connectivity index (χ3v) is 4.30. The molecular formula is C19H26N2. The van der Waals surface area contributed by atoms with E-state index in [0.717, 1.165) is 19.0 Å². The lowest BCUT2D eigenvalue weighted by molar-refractivity contribution is 0.495. The minimum atomic E-state index is 0.551. The zero-order valence-electron chi connectivity index (χ0n) is 13.4.